The van der Waals surface area contributed by atoms with Crippen LogP contribution in [0, 0.1) is 11.7 Å². The number of carbonyl (C=O) groups is 1. The zero-order valence-corrected chi connectivity index (χ0v) is 18.4. The predicted molar refractivity (Wildman–Crippen MR) is 107 cm³/mol. The minimum absolute atomic E-state index is 0.0926. The van der Waals surface area contributed by atoms with Crippen molar-refractivity contribution in [2.75, 3.05) is 26.3 Å². The van der Waals surface area contributed by atoms with E-state index in [0.29, 0.717) is 37.6 Å². The Morgan fingerprint density at radius 1 is 1.33 bits per heavy atom. The van der Waals surface area contributed by atoms with Crippen molar-refractivity contribution in [2.45, 2.75) is 58.2 Å². The lowest BCUT2D eigenvalue weighted by molar-refractivity contribution is -0.130. The third kappa shape index (κ3) is 3.92. The number of fused-ring (bicyclic) bond motifs is 1. The molecular formula is C21H32FNO3Si. The van der Waals surface area contributed by atoms with E-state index in [9.17, 15) is 9.18 Å². The Labute approximate surface area is 163 Å². The molecular weight excluding hydrogens is 361 g/mol. The molecule has 0 unspecified atom stereocenters. The minimum Gasteiger partial charge on any atom is -0.493 e. The van der Waals surface area contributed by atoms with E-state index in [1.807, 2.05) is 17.9 Å². The van der Waals surface area contributed by atoms with Gasteiger partial charge in [0, 0.05) is 37.4 Å². The lowest BCUT2D eigenvalue weighted by atomic mass is 9.88. The molecule has 2 heterocycles. The summed E-state index contributed by atoms with van der Waals surface area (Å²) in [5.74, 6) is 0.145. The second-order valence-electron chi connectivity index (χ2n) is 9.37. The highest BCUT2D eigenvalue weighted by molar-refractivity contribution is 6.74. The first kappa shape index (κ1) is 20.3. The van der Waals surface area contributed by atoms with Gasteiger partial charge < -0.3 is 14.1 Å². The van der Waals surface area contributed by atoms with E-state index in [-0.39, 0.29) is 28.6 Å². The molecule has 0 N–H and O–H groups in total. The average molecular weight is 394 g/mol. The predicted octanol–water partition coefficient (Wildman–Crippen LogP) is 4.34. The van der Waals surface area contributed by atoms with Crippen LogP contribution in [0.3, 0.4) is 0 Å². The number of hydrogen-bond acceptors (Lipinski definition) is 3. The molecule has 0 radical (unpaired) electrons. The lowest BCUT2D eigenvalue weighted by Crippen LogP contribution is -2.43. The number of rotatable bonds is 5. The second-order valence-corrected chi connectivity index (χ2v) is 14.2. The van der Waals surface area contributed by atoms with Crippen LogP contribution >= 0.6 is 0 Å². The molecule has 0 spiro atoms. The lowest BCUT2D eigenvalue weighted by Gasteiger charge is -2.36. The van der Waals surface area contributed by atoms with E-state index in [2.05, 4.69) is 33.9 Å². The Bertz CT molecular complexity index is 729. The minimum atomic E-state index is -1.83. The molecule has 3 rings (SSSR count). The van der Waals surface area contributed by atoms with E-state index >= 15 is 0 Å². The van der Waals surface area contributed by atoms with E-state index < -0.39 is 8.32 Å². The van der Waals surface area contributed by atoms with Gasteiger partial charge in [0.1, 0.15) is 11.6 Å². The number of hydrogen-bond donors (Lipinski definition) is 0. The van der Waals surface area contributed by atoms with Crippen LogP contribution in [0.4, 0.5) is 4.39 Å². The summed E-state index contributed by atoms with van der Waals surface area (Å²) in [5, 5.41) is 0.146. The van der Waals surface area contributed by atoms with E-state index in [4.69, 9.17) is 9.16 Å². The largest absolute Gasteiger partial charge is 0.493 e. The summed E-state index contributed by atoms with van der Waals surface area (Å²) in [6, 6.07) is 3.39. The number of nitrogens with zero attached hydrogens (tertiary/aromatic N) is 1. The molecule has 150 valence electrons. The quantitative estimate of drug-likeness (QED) is 0.699. The van der Waals surface area contributed by atoms with Crippen LogP contribution in [0.25, 0.3) is 0 Å². The van der Waals surface area contributed by atoms with Gasteiger partial charge in [0.05, 0.1) is 13.2 Å². The Morgan fingerprint density at radius 3 is 2.70 bits per heavy atom. The number of carbonyl (C=O) groups excluding carboxylic acids is 1. The first-order valence-corrected chi connectivity index (χ1v) is 12.8. The number of ether oxygens (including phenoxy) is 1. The van der Waals surface area contributed by atoms with Gasteiger partial charge in [0.2, 0.25) is 5.91 Å². The summed E-state index contributed by atoms with van der Waals surface area (Å²) in [7, 11) is -1.83. The monoisotopic (exact) mass is 393 g/mol. The molecule has 1 amide bonds. The van der Waals surface area contributed by atoms with Crippen LogP contribution in [-0.4, -0.2) is 45.4 Å². The van der Waals surface area contributed by atoms with Crippen molar-refractivity contribution in [3.63, 3.8) is 0 Å². The summed E-state index contributed by atoms with van der Waals surface area (Å²) < 4.78 is 26.3. The third-order valence-electron chi connectivity index (χ3n) is 6.56. The summed E-state index contributed by atoms with van der Waals surface area (Å²) in [4.78, 5) is 14.6. The fraction of sp³-hybridized carbons (Fsp3) is 0.667. The SMILES string of the molecule is C[C@@H]1C(=O)N(CCO[Si](C)(C)C(C)(C)C)C[C@H]1c1cc2c(cc1F)OCC2. The number of halogens is 1. The fourth-order valence-electron chi connectivity index (χ4n) is 3.65. The number of likely N-dealkylation sites (tertiary alicyclic amines) is 1. The molecule has 1 fully saturated rings. The molecule has 6 heteroatoms. The molecule has 0 aromatic heterocycles. The summed E-state index contributed by atoms with van der Waals surface area (Å²) >= 11 is 0. The van der Waals surface area contributed by atoms with Gasteiger partial charge in [0.25, 0.3) is 0 Å². The van der Waals surface area contributed by atoms with Crippen LogP contribution in [0.5, 0.6) is 5.75 Å². The van der Waals surface area contributed by atoms with Crippen molar-refractivity contribution >= 4 is 14.2 Å². The number of amides is 1. The van der Waals surface area contributed by atoms with E-state index in [0.717, 1.165) is 12.0 Å². The van der Waals surface area contributed by atoms with Gasteiger partial charge >= 0.3 is 0 Å². The van der Waals surface area contributed by atoms with E-state index in [1.54, 1.807) is 0 Å². The maximum Gasteiger partial charge on any atom is 0.226 e. The Balaban J connectivity index is 1.67. The van der Waals surface area contributed by atoms with Crippen molar-refractivity contribution in [3.8, 4) is 5.75 Å². The highest BCUT2D eigenvalue weighted by Gasteiger charge is 2.41. The van der Waals surface area contributed by atoms with Crippen LogP contribution in [0.15, 0.2) is 12.1 Å². The van der Waals surface area contributed by atoms with Crippen molar-refractivity contribution in [1.29, 1.82) is 0 Å². The smallest absolute Gasteiger partial charge is 0.226 e. The van der Waals surface area contributed by atoms with Crippen LogP contribution in [0.1, 0.15) is 44.7 Å². The topological polar surface area (TPSA) is 38.8 Å². The zero-order chi connectivity index (χ0) is 20.0. The molecule has 0 saturated carbocycles. The normalized spacial score (nSPS) is 22.9. The van der Waals surface area contributed by atoms with Gasteiger partial charge in [-0.3, -0.25) is 4.79 Å². The maximum absolute atomic E-state index is 14.6. The van der Waals surface area contributed by atoms with Crippen LogP contribution in [-0.2, 0) is 15.6 Å². The molecule has 2 aliphatic heterocycles. The second kappa shape index (κ2) is 7.21. The molecule has 27 heavy (non-hydrogen) atoms. The Morgan fingerprint density at radius 2 is 2.04 bits per heavy atom. The molecule has 0 bridgehead atoms. The Kier molecular flexibility index (Phi) is 5.43. The van der Waals surface area contributed by atoms with Gasteiger partial charge in [0.15, 0.2) is 8.32 Å². The molecule has 0 aliphatic carbocycles. The van der Waals surface area contributed by atoms with Gasteiger partial charge in [-0.1, -0.05) is 27.7 Å². The van der Waals surface area contributed by atoms with Gasteiger partial charge in [-0.2, -0.15) is 0 Å². The molecule has 2 aliphatic rings. The molecule has 4 nitrogen and oxygen atoms in total. The van der Waals surface area contributed by atoms with Gasteiger partial charge in [-0.15, -0.1) is 0 Å². The third-order valence-corrected chi connectivity index (χ3v) is 11.1. The molecule has 2 atom stereocenters. The summed E-state index contributed by atoms with van der Waals surface area (Å²) in [6.45, 7) is 15.2. The first-order valence-electron chi connectivity index (χ1n) is 9.89. The highest BCUT2D eigenvalue weighted by Crippen LogP contribution is 2.39. The molecule has 1 aromatic carbocycles. The Hall–Kier alpha value is -1.40. The van der Waals surface area contributed by atoms with Crippen molar-refractivity contribution in [3.05, 3.63) is 29.1 Å². The molecule has 1 saturated heterocycles. The number of benzene rings is 1. The molecule has 1 aromatic rings. The van der Waals surface area contributed by atoms with E-state index in [1.165, 1.54) is 6.07 Å². The standard InChI is InChI=1S/C21H32FNO3Si/c1-14-17(16-11-15-7-9-25-19(15)12-18(16)22)13-23(20(14)24)8-10-26-27(5,6)21(2,3)4/h11-12,14,17H,7-10,13H2,1-6H3/t14-,17+/m0/s1. The van der Waals surface area contributed by atoms with Crippen LogP contribution < -0.4 is 4.74 Å². The zero-order valence-electron chi connectivity index (χ0n) is 17.4. The first-order chi connectivity index (χ1) is 12.5. The maximum atomic E-state index is 14.6. The highest BCUT2D eigenvalue weighted by atomic mass is 28.4. The van der Waals surface area contributed by atoms with Crippen molar-refractivity contribution < 1.29 is 18.3 Å². The van der Waals surface area contributed by atoms with Crippen LogP contribution in [0.2, 0.25) is 18.1 Å². The summed E-state index contributed by atoms with van der Waals surface area (Å²) in [6.07, 6.45) is 0.807. The summed E-state index contributed by atoms with van der Waals surface area (Å²) in [5.41, 5.74) is 1.69. The van der Waals surface area contributed by atoms with Gasteiger partial charge in [-0.25, -0.2) is 4.39 Å². The van der Waals surface area contributed by atoms with Gasteiger partial charge in [-0.05, 0) is 35.3 Å². The average Bonchev–Trinajstić information content (AvgIpc) is 3.12. The van der Waals surface area contributed by atoms with Crippen molar-refractivity contribution in [1.82, 2.24) is 4.90 Å². The van der Waals surface area contributed by atoms with Crippen molar-refractivity contribution in [2.24, 2.45) is 5.92 Å². The fourth-order valence-corrected chi connectivity index (χ4v) is 4.68.